The van der Waals surface area contributed by atoms with Gasteiger partial charge >= 0.3 is 0 Å². The quantitative estimate of drug-likeness (QED) is 0.602. The average Bonchev–Trinajstić information content (AvgIpc) is 3.56. The van der Waals surface area contributed by atoms with Crippen LogP contribution in [0.2, 0.25) is 0 Å². The van der Waals surface area contributed by atoms with E-state index in [4.69, 9.17) is 14.7 Å². The maximum Gasteiger partial charge on any atom is 0.242 e. The first-order chi connectivity index (χ1) is 14.8. The second kappa shape index (κ2) is 8.70. The summed E-state index contributed by atoms with van der Waals surface area (Å²) < 4.78 is 5.92. The first-order valence-corrected chi connectivity index (χ1v) is 11.7. The highest BCUT2D eigenvalue weighted by Crippen LogP contribution is 2.29. The predicted octanol–water partition coefficient (Wildman–Crippen LogP) is 3.97. The highest BCUT2D eigenvalue weighted by Gasteiger charge is 2.27. The minimum atomic E-state index is 0.134. The maximum absolute atomic E-state index is 13.1. The standard InChI is InChI=1S/C23H26N4O2S/c28-21(26-10-3-4-11-26)15-27(14-18-6-5-12-29-18)23-19-7-1-2-8-20(19)24-22(25-23)17-9-13-30-16-17/h1-2,7-9,13,16,18H,3-6,10-12,14-15H2/t18-/m0/s1. The molecule has 2 aliphatic rings. The van der Waals surface area contributed by atoms with Crippen LogP contribution in [0.25, 0.3) is 22.3 Å². The Labute approximate surface area is 180 Å². The Morgan fingerprint density at radius 3 is 2.80 bits per heavy atom. The molecule has 0 unspecified atom stereocenters. The van der Waals surface area contributed by atoms with Gasteiger partial charge in [0.15, 0.2) is 5.82 Å². The highest BCUT2D eigenvalue weighted by atomic mass is 32.1. The number of fused-ring (bicyclic) bond motifs is 1. The van der Waals surface area contributed by atoms with E-state index in [1.165, 1.54) is 0 Å². The fraction of sp³-hybridized carbons (Fsp3) is 0.435. The number of anilines is 1. The number of rotatable bonds is 6. The molecular formula is C23H26N4O2S. The van der Waals surface area contributed by atoms with E-state index in [9.17, 15) is 4.79 Å². The van der Waals surface area contributed by atoms with E-state index in [0.29, 0.717) is 18.9 Å². The fourth-order valence-corrected chi connectivity index (χ4v) is 4.95. The van der Waals surface area contributed by atoms with Crippen molar-refractivity contribution in [3.05, 3.63) is 41.1 Å². The third-order valence-electron chi connectivity index (χ3n) is 5.89. The van der Waals surface area contributed by atoms with Gasteiger partial charge in [0.2, 0.25) is 5.91 Å². The lowest BCUT2D eigenvalue weighted by Gasteiger charge is -2.29. The first kappa shape index (κ1) is 19.5. The zero-order valence-electron chi connectivity index (χ0n) is 17.0. The van der Waals surface area contributed by atoms with Crippen molar-refractivity contribution in [1.82, 2.24) is 14.9 Å². The highest BCUT2D eigenvalue weighted by molar-refractivity contribution is 7.08. The Kier molecular flexibility index (Phi) is 5.64. The van der Waals surface area contributed by atoms with E-state index in [1.54, 1.807) is 11.3 Å². The molecule has 0 bridgehead atoms. The zero-order chi connectivity index (χ0) is 20.3. The van der Waals surface area contributed by atoms with Gasteiger partial charge in [-0.2, -0.15) is 11.3 Å². The molecule has 1 atom stereocenters. The molecule has 2 fully saturated rings. The number of hydrogen-bond donors (Lipinski definition) is 0. The van der Waals surface area contributed by atoms with Crippen molar-refractivity contribution in [2.45, 2.75) is 31.8 Å². The number of carbonyl (C=O) groups is 1. The Hall–Kier alpha value is -2.51. The Bertz CT molecular complexity index is 1010. The lowest BCUT2D eigenvalue weighted by molar-refractivity contribution is -0.128. The third kappa shape index (κ3) is 4.04. The summed E-state index contributed by atoms with van der Waals surface area (Å²) in [6, 6.07) is 10.1. The minimum absolute atomic E-state index is 0.134. The minimum Gasteiger partial charge on any atom is -0.376 e. The van der Waals surface area contributed by atoms with Crippen LogP contribution in [-0.2, 0) is 9.53 Å². The van der Waals surface area contributed by atoms with Crippen LogP contribution >= 0.6 is 11.3 Å². The smallest absolute Gasteiger partial charge is 0.242 e. The molecule has 0 aliphatic carbocycles. The number of ether oxygens (including phenoxy) is 1. The molecule has 1 aromatic carbocycles. The molecule has 30 heavy (non-hydrogen) atoms. The van der Waals surface area contributed by atoms with E-state index >= 15 is 0 Å². The number of benzene rings is 1. The molecule has 5 rings (SSSR count). The SMILES string of the molecule is O=C(CN(C[C@@H]1CCCO1)c1nc(-c2ccsc2)nc2ccccc12)N1CCCC1. The molecule has 0 N–H and O–H groups in total. The van der Waals surface area contributed by atoms with Crippen LogP contribution < -0.4 is 4.90 Å². The molecule has 4 heterocycles. The van der Waals surface area contributed by atoms with Gasteiger partial charge in [-0.15, -0.1) is 0 Å². The van der Waals surface area contributed by atoms with Crippen LogP contribution in [0.3, 0.4) is 0 Å². The number of para-hydroxylation sites is 1. The van der Waals surface area contributed by atoms with Gasteiger partial charge in [0.1, 0.15) is 5.82 Å². The third-order valence-corrected chi connectivity index (χ3v) is 6.58. The van der Waals surface area contributed by atoms with E-state index in [2.05, 4.69) is 10.3 Å². The lowest BCUT2D eigenvalue weighted by Crippen LogP contribution is -2.42. The summed E-state index contributed by atoms with van der Waals surface area (Å²) in [4.78, 5) is 26.9. The summed E-state index contributed by atoms with van der Waals surface area (Å²) in [6.07, 6.45) is 4.42. The van der Waals surface area contributed by atoms with Gasteiger partial charge in [0.05, 0.1) is 18.2 Å². The van der Waals surface area contributed by atoms with Crippen LogP contribution in [0.5, 0.6) is 0 Å². The molecule has 6 nitrogen and oxygen atoms in total. The molecule has 7 heteroatoms. The Morgan fingerprint density at radius 1 is 1.17 bits per heavy atom. The van der Waals surface area contributed by atoms with Crippen molar-refractivity contribution in [1.29, 1.82) is 0 Å². The average molecular weight is 423 g/mol. The Morgan fingerprint density at radius 2 is 2.03 bits per heavy atom. The monoisotopic (exact) mass is 422 g/mol. The van der Waals surface area contributed by atoms with Crippen molar-refractivity contribution in [2.24, 2.45) is 0 Å². The second-order valence-electron chi connectivity index (χ2n) is 8.00. The van der Waals surface area contributed by atoms with Crippen molar-refractivity contribution < 1.29 is 9.53 Å². The first-order valence-electron chi connectivity index (χ1n) is 10.7. The zero-order valence-corrected chi connectivity index (χ0v) is 17.8. The number of amides is 1. The fourth-order valence-electron chi connectivity index (χ4n) is 4.31. The summed E-state index contributed by atoms with van der Waals surface area (Å²) >= 11 is 1.63. The van der Waals surface area contributed by atoms with Crippen LogP contribution in [0.15, 0.2) is 41.1 Å². The topological polar surface area (TPSA) is 58.6 Å². The molecular weight excluding hydrogens is 396 g/mol. The molecule has 156 valence electrons. The van der Waals surface area contributed by atoms with Crippen molar-refractivity contribution in [2.75, 3.05) is 37.7 Å². The number of hydrogen-bond acceptors (Lipinski definition) is 6. The molecule has 2 aliphatic heterocycles. The molecule has 0 radical (unpaired) electrons. The van der Waals surface area contributed by atoms with E-state index in [0.717, 1.165) is 67.7 Å². The van der Waals surface area contributed by atoms with Crippen LogP contribution in [-0.4, -0.2) is 59.7 Å². The number of thiophene rings is 1. The van der Waals surface area contributed by atoms with Gasteiger partial charge in [-0.3, -0.25) is 4.79 Å². The van der Waals surface area contributed by atoms with Gasteiger partial charge in [-0.05, 0) is 49.3 Å². The molecule has 3 aromatic rings. The predicted molar refractivity (Wildman–Crippen MR) is 120 cm³/mol. The molecule has 2 saturated heterocycles. The van der Waals surface area contributed by atoms with Gasteiger partial charge in [-0.25, -0.2) is 9.97 Å². The summed E-state index contributed by atoms with van der Waals surface area (Å²) in [5.41, 5.74) is 1.91. The summed E-state index contributed by atoms with van der Waals surface area (Å²) in [7, 11) is 0. The van der Waals surface area contributed by atoms with Crippen LogP contribution in [0.1, 0.15) is 25.7 Å². The lowest BCUT2D eigenvalue weighted by atomic mass is 10.1. The van der Waals surface area contributed by atoms with Gasteiger partial charge in [-0.1, -0.05) is 12.1 Å². The van der Waals surface area contributed by atoms with Crippen molar-refractivity contribution in [3.8, 4) is 11.4 Å². The normalized spacial score (nSPS) is 18.9. The van der Waals surface area contributed by atoms with Crippen LogP contribution in [0.4, 0.5) is 5.82 Å². The summed E-state index contributed by atoms with van der Waals surface area (Å²) in [6.45, 7) is 3.51. The largest absolute Gasteiger partial charge is 0.376 e. The van der Waals surface area contributed by atoms with Gasteiger partial charge in [0, 0.05) is 42.6 Å². The number of aromatic nitrogens is 2. The van der Waals surface area contributed by atoms with E-state index in [1.807, 2.05) is 40.6 Å². The maximum atomic E-state index is 13.1. The number of likely N-dealkylation sites (tertiary alicyclic amines) is 1. The molecule has 0 saturated carbocycles. The second-order valence-corrected chi connectivity index (χ2v) is 8.78. The van der Waals surface area contributed by atoms with Crippen molar-refractivity contribution >= 4 is 34.0 Å². The number of carbonyl (C=O) groups excluding carboxylic acids is 1. The van der Waals surface area contributed by atoms with E-state index < -0.39 is 0 Å². The van der Waals surface area contributed by atoms with Gasteiger partial charge < -0.3 is 14.5 Å². The van der Waals surface area contributed by atoms with Gasteiger partial charge in [0.25, 0.3) is 0 Å². The van der Waals surface area contributed by atoms with Crippen molar-refractivity contribution in [3.63, 3.8) is 0 Å². The van der Waals surface area contributed by atoms with Crippen LogP contribution in [0, 0.1) is 0 Å². The van der Waals surface area contributed by atoms with E-state index in [-0.39, 0.29) is 12.0 Å². The Balaban J connectivity index is 1.55. The number of nitrogens with zero attached hydrogens (tertiary/aromatic N) is 4. The molecule has 1 amide bonds. The summed E-state index contributed by atoms with van der Waals surface area (Å²) in [5.74, 6) is 1.70. The summed E-state index contributed by atoms with van der Waals surface area (Å²) in [5, 5.41) is 5.08. The molecule has 0 spiro atoms. The molecule has 2 aromatic heterocycles.